The molecular formula is C12H7ClF3N5O. The summed E-state index contributed by atoms with van der Waals surface area (Å²) in [5.74, 6) is -0.0277. The van der Waals surface area contributed by atoms with Gasteiger partial charge in [-0.15, -0.1) is 0 Å². The molecule has 3 N–H and O–H groups in total. The van der Waals surface area contributed by atoms with Crippen LogP contribution in [0.4, 0.5) is 24.8 Å². The summed E-state index contributed by atoms with van der Waals surface area (Å²) >= 11 is 5.54. The number of hydrogen-bond donors (Lipinski definition) is 3. The molecule has 3 aromatic rings. The van der Waals surface area contributed by atoms with Crippen LogP contribution in [0, 0.1) is 0 Å². The Bertz CT molecular complexity index is 902. The Morgan fingerprint density at radius 1 is 1.27 bits per heavy atom. The number of rotatable bonds is 2. The molecule has 0 amide bonds. The topological polar surface area (TPSA) is 86.5 Å². The Morgan fingerprint density at radius 3 is 2.77 bits per heavy atom. The number of anilines is 2. The van der Waals surface area contributed by atoms with Crippen molar-refractivity contribution in [3.05, 3.63) is 45.5 Å². The second-order valence-corrected chi connectivity index (χ2v) is 4.74. The van der Waals surface area contributed by atoms with E-state index in [4.69, 9.17) is 11.6 Å². The van der Waals surface area contributed by atoms with Crippen LogP contribution in [0.1, 0.15) is 5.56 Å². The number of benzene rings is 1. The zero-order valence-electron chi connectivity index (χ0n) is 10.6. The van der Waals surface area contributed by atoms with Crippen LogP contribution in [0.3, 0.4) is 0 Å². The summed E-state index contributed by atoms with van der Waals surface area (Å²) in [5.41, 5.74) is -1.07. The van der Waals surface area contributed by atoms with Gasteiger partial charge in [-0.05, 0) is 18.2 Å². The Labute approximate surface area is 125 Å². The number of nitrogens with zero attached hydrogens (tertiary/aromatic N) is 2. The molecule has 10 heteroatoms. The highest BCUT2D eigenvalue weighted by molar-refractivity contribution is 6.31. The van der Waals surface area contributed by atoms with E-state index in [1.807, 2.05) is 0 Å². The number of fused-ring (bicyclic) bond motifs is 1. The minimum Gasteiger partial charge on any atom is -0.339 e. The first kappa shape index (κ1) is 14.4. The van der Waals surface area contributed by atoms with Crippen LogP contribution in [0.5, 0.6) is 0 Å². The van der Waals surface area contributed by atoms with Gasteiger partial charge in [0.2, 0.25) is 5.95 Å². The lowest BCUT2D eigenvalue weighted by atomic mass is 10.2. The van der Waals surface area contributed by atoms with Gasteiger partial charge in [0.15, 0.2) is 11.2 Å². The fourth-order valence-corrected chi connectivity index (χ4v) is 2.08. The quantitative estimate of drug-likeness (QED) is 0.674. The summed E-state index contributed by atoms with van der Waals surface area (Å²) in [4.78, 5) is 24.5. The van der Waals surface area contributed by atoms with Gasteiger partial charge in [-0.1, -0.05) is 11.6 Å². The summed E-state index contributed by atoms with van der Waals surface area (Å²) in [6.07, 6.45) is -3.29. The lowest BCUT2D eigenvalue weighted by molar-refractivity contribution is -0.137. The van der Waals surface area contributed by atoms with Crippen LogP contribution in [0.25, 0.3) is 11.2 Å². The Hall–Kier alpha value is -2.55. The van der Waals surface area contributed by atoms with E-state index in [0.29, 0.717) is 0 Å². The van der Waals surface area contributed by atoms with E-state index in [1.165, 1.54) is 12.4 Å². The standard InChI is InChI=1S/C12H7ClF3N5O/c13-7-2-1-5(3-6(7)12(14,15)16)19-11-20-9-8(10(22)21-11)17-4-18-9/h1-4H,(H3,17,18,19,20,21,22). The maximum absolute atomic E-state index is 12.8. The number of hydrogen-bond acceptors (Lipinski definition) is 4. The van der Waals surface area contributed by atoms with Gasteiger partial charge in [0.1, 0.15) is 0 Å². The third kappa shape index (κ3) is 2.62. The molecule has 0 aliphatic carbocycles. The van der Waals surface area contributed by atoms with E-state index in [1.54, 1.807) is 0 Å². The Kier molecular flexibility index (Phi) is 3.28. The van der Waals surface area contributed by atoms with Crippen molar-refractivity contribution in [1.82, 2.24) is 19.9 Å². The smallest absolute Gasteiger partial charge is 0.339 e. The van der Waals surface area contributed by atoms with Gasteiger partial charge in [-0.2, -0.15) is 18.2 Å². The molecule has 2 aromatic heterocycles. The first-order valence-electron chi connectivity index (χ1n) is 5.92. The van der Waals surface area contributed by atoms with Gasteiger partial charge in [0.05, 0.1) is 16.9 Å². The lowest BCUT2D eigenvalue weighted by Crippen LogP contribution is -2.12. The highest BCUT2D eigenvalue weighted by Gasteiger charge is 2.33. The lowest BCUT2D eigenvalue weighted by Gasteiger charge is -2.11. The van der Waals surface area contributed by atoms with Crippen LogP contribution in [0.15, 0.2) is 29.3 Å². The van der Waals surface area contributed by atoms with Gasteiger partial charge in [0.25, 0.3) is 5.56 Å². The van der Waals surface area contributed by atoms with E-state index in [9.17, 15) is 18.0 Å². The van der Waals surface area contributed by atoms with Crippen molar-refractivity contribution in [2.24, 2.45) is 0 Å². The van der Waals surface area contributed by atoms with Gasteiger partial charge in [-0.3, -0.25) is 9.78 Å². The number of alkyl halides is 3. The highest BCUT2D eigenvalue weighted by atomic mass is 35.5. The molecule has 0 saturated heterocycles. The molecule has 0 saturated carbocycles. The summed E-state index contributed by atoms with van der Waals surface area (Å²) in [5, 5.41) is 2.17. The monoisotopic (exact) mass is 329 g/mol. The van der Waals surface area contributed by atoms with E-state index < -0.39 is 22.3 Å². The number of halogens is 4. The molecule has 2 heterocycles. The predicted molar refractivity (Wildman–Crippen MR) is 74.2 cm³/mol. The van der Waals surface area contributed by atoms with Crippen LogP contribution in [-0.2, 0) is 6.18 Å². The normalized spacial score (nSPS) is 11.8. The van der Waals surface area contributed by atoms with Crippen molar-refractivity contribution in [3.63, 3.8) is 0 Å². The van der Waals surface area contributed by atoms with Crippen LogP contribution < -0.4 is 10.9 Å². The maximum atomic E-state index is 12.8. The number of nitrogens with one attached hydrogen (secondary N) is 3. The molecule has 0 atom stereocenters. The van der Waals surface area contributed by atoms with Crippen LogP contribution in [0.2, 0.25) is 5.02 Å². The zero-order valence-corrected chi connectivity index (χ0v) is 11.4. The highest BCUT2D eigenvalue weighted by Crippen LogP contribution is 2.36. The van der Waals surface area contributed by atoms with E-state index >= 15 is 0 Å². The Balaban J connectivity index is 2.00. The third-order valence-corrected chi connectivity index (χ3v) is 3.16. The molecule has 0 aliphatic rings. The van der Waals surface area contributed by atoms with Crippen LogP contribution >= 0.6 is 11.6 Å². The second kappa shape index (κ2) is 5.02. The maximum Gasteiger partial charge on any atom is 0.417 e. The average molecular weight is 330 g/mol. The molecule has 114 valence electrons. The molecule has 0 bridgehead atoms. The van der Waals surface area contributed by atoms with Gasteiger partial charge in [-0.25, -0.2) is 4.98 Å². The first-order valence-corrected chi connectivity index (χ1v) is 6.29. The third-order valence-electron chi connectivity index (χ3n) is 2.83. The van der Waals surface area contributed by atoms with Gasteiger partial charge in [0, 0.05) is 5.69 Å². The molecule has 3 rings (SSSR count). The minimum absolute atomic E-state index is 0.0277. The van der Waals surface area contributed by atoms with Crippen molar-refractivity contribution in [3.8, 4) is 0 Å². The fraction of sp³-hybridized carbons (Fsp3) is 0.0833. The van der Waals surface area contributed by atoms with Crippen molar-refractivity contribution in [1.29, 1.82) is 0 Å². The molecule has 0 unspecified atom stereocenters. The molecule has 0 fully saturated rings. The predicted octanol–water partition coefficient (Wildman–Crippen LogP) is 3.06. The number of imidazole rings is 1. The Morgan fingerprint density at radius 2 is 2.05 bits per heavy atom. The largest absolute Gasteiger partial charge is 0.417 e. The van der Waals surface area contributed by atoms with Crippen molar-refractivity contribution in [2.75, 3.05) is 5.32 Å². The molecule has 0 radical (unpaired) electrons. The summed E-state index contributed by atoms with van der Waals surface area (Å²) in [6, 6.07) is 3.28. The number of H-pyrrole nitrogens is 2. The van der Waals surface area contributed by atoms with Gasteiger partial charge < -0.3 is 10.3 Å². The van der Waals surface area contributed by atoms with Crippen molar-refractivity contribution < 1.29 is 13.2 Å². The molecule has 0 spiro atoms. The number of aromatic nitrogens is 4. The molecule has 22 heavy (non-hydrogen) atoms. The minimum atomic E-state index is -4.58. The fourth-order valence-electron chi connectivity index (χ4n) is 1.86. The number of aromatic amines is 2. The average Bonchev–Trinajstić information content (AvgIpc) is 2.88. The van der Waals surface area contributed by atoms with Gasteiger partial charge >= 0.3 is 6.18 Å². The second-order valence-electron chi connectivity index (χ2n) is 4.33. The SMILES string of the molecule is O=c1[nH]c(Nc2ccc(Cl)c(C(F)(F)F)c2)nc2nc[nH]c12. The summed E-state index contributed by atoms with van der Waals surface area (Å²) in [7, 11) is 0. The van der Waals surface area contributed by atoms with Crippen molar-refractivity contribution in [2.45, 2.75) is 6.18 Å². The molecule has 6 nitrogen and oxygen atoms in total. The van der Waals surface area contributed by atoms with Crippen LogP contribution in [-0.4, -0.2) is 19.9 Å². The molecule has 0 aliphatic heterocycles. The van der Waals surface area contributed by atoms with E-state index in [0.717, 1.165) is 12.1 Å². The van der Waals surface area contributed by atoms with Crippen molar-refractivity contribution >= 4 is 34.4 Å². The summed E-state index contributed by atoms with van der Waals surface area (Å²) in [6.45, 7) is 0. The molecular weight excluding hydrogens is 323 g/mol. The first-order chi connectivity index (χ1) is 10.3. The van der Waals surface area contributed by atoms with E-state index in [2.05, 4.69) is 25.3 Å². The zero-order chi connectivity index (χ0) is 15.9. The molecule has 1 aromatic carbocycles. The van der Waals surface area contributed by atoms with E-state index in [-0.39, 0.29) is 22.8 Å². The summed E-state index contributed by atoms with van der Waals surface area (Å²) < 4.78 is 38.4.